The highest BCUT2D eigenvalue weighted by Crippen LogP contribution is 2.11. The predicted octanol–water partition coefficient (Wildman–Crippen LogP) is 4.55. The molecule has 0 bridgehead atoms. The molecule has 0 heterocycles. The van der Waals surface area contributed by atoms with Gasteiger partial charge < -0.3 is 0 Å². The highest BCUT2D eigenvalue weighted by atomic mass is 32.2. The van der Waals surface area contributed by atoms with Crippen LogP contribution in [0, 0.1) is 6.92 Å². The van der Waals surface area contributed by atoms with Gasteiger partial charge in [-0.05, 0) is 12.8 Å². The molecule has 0 aromatic carbocycles. The second kappa shape index (κ2) is 12.0. The molecule has 18 heavy (non-hydrogen) atoms. The molecule has 0 aliphatic rings. The van der Waals surface area contributed by atoms with Crippen LogP contribution in [0.3, 0.4) is 0 Å². The van der Waals surface area contributed by atoms with Crippen LogP contribution < -0.4 is 0 Å². The Morgan fingerprint density at radius 3 is 1.61 bits per heavy atom. The molecule has 0 spiro atoms. The van der Waals surface area contributed by atoms with Gasteiger partial charge in [-0.15, -0.1) is 0 Å². The van der Waals surface area contributed by atoms with E-state index in [4.69, 9.17) is 0 Å². The molecule has 2 nitrogen and oxygen atoms in total. The van der Waals surface area contributed by atoms with Gasteiger partial charge >= 0.3 is 0 Å². The van der Waals surface area contributed by atoms with Gasteiger partial charge in [0.2, 0.25) is 0 Å². The number of unbranched alkanes of at least 4 members (excludes halogenated alkanes) is 9. The van der Waals surface area contributed by atoms with Crippen LogP contribution in [0.4, 0.5) is 0 Å². The van der Waals surface area contributed by atoms with E-state index < -0.39 is 9.84 Å². The van der Waals surface area contributed by atoms with Crippen LogP contribution in [0.5, 0.6) is 0 Å². The molecule has 0 aromatic heterocycles. The fourth-order valence-electron chi connectivity index (χ4n) is 2.13. The fourth-order valence-corrected chi connectivity index (χ4v) is 3.42. The van der Waals surface area contributed by atoms with Crippen LogP contribution in [0.2, 0.25) is 0 Å². The largest absolute Gasteiger partial charge is 0.229 e. The van der Waals surface area contributed by atoms with Gasteiger partial charge in [0.15, 0.2) is 0 Å². The van der Waals surface area contributed by atoms with E-state index in [1.807, 2.05) is 0 Å². The lowest BCUT2D eigenvalue weighted by molar-refractivity contribution is 0.558. The van der Waals surface area contributed by atoms with Crippen molar-refractivity contribution >= 4 is 9.84 Å². The Morgan fingerprint density at radius 1 is 0.722 bits per heavy atom. The molecule has 0 saturated heterocycles. The second-order valence-electron chi connectivity index (χ2n) is 5.19. The summed E-state index contributed by atoms with van der Waals surface area (Å²) in [6.07, 6.45) is 12.9. The summed E-state index contributed by atoms with van der Waals surface area (Å²) in [6.45, 7) is 5.83. The predicted molar refractivity (Wildman–Crippen MR) is 80.5 cm³/mol. The first-order chi connectivity index (χ1) is 8.62. The lowest BCUT2D eigenvalue weighted by Crippen LogP contribution is -2.10. The van der Waals surface area contributed by atoms with Crippen molar-refractivity contribution in [1.82, 2.24) is 0 Å². The van der Waals surface area contributed by atoms with Crippen molar-refractivity contribution in [2.24, 2.45) is 0 Å². The van der Waals surface area contributed by atoms with Gasteiger partial charge in [0.1, 0.15) is 9.84 Å². The Kier molecular flexibility index (Phi) is 12.0. The molecule has 0 rings (SSSR count). The molecular weight excluding hydrogens is 244 g/mol. The monoisotopic (exact) mass is 275 g/mol. The molecule has 0 unspecified atom stereocenters. The molecule has 0 fully saturated rings. The number of rotatable bonds is 13. The number of sulfone groups is 1. The van der Waals surface area contributed by atoms with Crippen molar-refractivity contribution in [1.29, 1.82) is 0 Å². The Morgan fingerprint density at radius 2 is 1.17 bits per heavy atom. The summed E-state index contributed by atoms with van der Waals surface area (Å²) in [7, 11) is -2.80. The molecule has 0 saturated carbocycles. The summed E-state index contributed by atoms with van der Waals surface area (Å²) in [5, 5.41) is 0. The molecule has 0 aliphatic heterocycles. The highest BCUT2D eigenvalue weighted by Gasteiger charge is 2.07. The Balaban J connectivity index is 3.21. The van der Waals surface area contributed by atoms with Gasteiger partial charge in [0.05, 0.1) is 11.5 Å². The minimum atomic E-state index is -2.80. The minimum absolute atomic E-state index is 0.254. The van der Waals surface area contributed by atoms with E-state index in [0.29, 0.717) is 12.2 Å². The zero-order valence-corrected chi connectivity index (χ0v) is 12.9. The van der Waals surface area contributed by atoms with E-state index in [-0.39, 0.29) is 5.75 Å². The van der Waals surface area contributed by atoms with Crippen LogP contribution in [0.1, 0.15) is 77.6 Å². The first kappa shape index (κ1) is 17.9. The third kappa shape index (κ3) is 12.4. The van der Waals surface area contributed by atoms with Crippen LogP contribution in [0.25, 0.3) is 0 Å². The van der Waals surface area contributed by atoms with Crippen LogP contribution in [-0.2, 0) is 9.84 Å². The van der Waals surface area contributed by atoms with Crippen molar-refractivity contribution < 1.29 is 8.42 Å². The molecule has 0 N–H and O–H groups in total. The van der Waals surface area contributed by atoms with E-state index in [9.17, 15) is 8.42 Å². The normalized spacial score (nSPS) is 11.9. The first-order valence-electron chi connectivity index (χ1n) is 7.62. The van der Waals surface area contributed by atoms with Crippen LogP contribution in [0.15, 0.2) is 0 Å². The van der Waals surface area contributed by atoms with Gasteiger partial charge in [0, 0.05) is 0 Å². The maximum Gasteiger partial charge on any atom is 0.150 e. The van der Waals surface area contributed by atoms with Gasteiger partial charge in [0.25, 0.3) is 0 Å². The average molecular weight is 275 g/mol. The second-order valence-corrected chi connectivity index (χ2v) is 7.49. The van der Waals surface area contributed by atoms with Gasteiger partial charge in [-0.2, -0.15) is 0 Å². The topological polar surface area (TPSA) is 34.1 Å². The Bertz CT molecular complexity index is 258. The first-order valence-corrected chi connectivity index (χ1v) is 9.44. The molecular formula is C15H31O2S. The third-order valence-electron chi connectivity index (χ3n) is 3.26. The quantitative estimate of drug-likeness (QED) is 0.462. The smallest absolute Gasteiger partial charge is 0.150 e. The van der Waals surface area contributed by atoms with E-state index >= 15 is 0 Å². The lowest BCUT2D eigenvalue weighted by Gasteiger charge is -2.03. The minimum Gasteiger partial charge on any atom is -0.229 e. The summed E-state index contributed by atoms with van der Waals surface area (Å²) >= 11 is 0. The summed E-state index contributed by atoms with van der Waals surface area (Å²) in [5.41, 5.74) is 0. The maximum atomic E-state index is 11.4. The third-order valence-corrected chi connectivity index (χ3v) is 5.09. The molecule has 1 radical (unpaired) electrons. The van der Waals surface area contributed by atoms with Gasteiger partial charge in [-0.1, -0.05) is 71.6 Å². The summed E-state index contributed by atoms with van der Waals surface area (Å²) < 4.78 is 22.9. The van der Waals surface area contributed by atoms with E-state index in [1.165, 1.54) is 51.4 Å². The number of hydrogen-bond acceptors (Lipinski definition) is 2. The van der Waals surface area contributed by atoms with Crippen LogP contribution in [-0.4, -0.2) is 19.9 Å². The van der Waals surface area contributed by atoms with Gasteiger partial charge in [-0.3, -0.25) is 0 Å². The standard InChI is InChI=1S/C15H31O2S/c1-3-5-6-7-8-9-10-11-12-13-15-18(16,17)14-4-2/h2-15H2,1H3. The lowest BCUT2D eigenvalue weighted by atomic mass is 10.1. The Hall–Kier alpha value is -0.0500. The highest BCUT2D eigenvalue weighted by molar-refractivity contribution is 7.91. The average Bonchev–Trinajstić information content (AvgIpc) is 2.31. The van der Waals surface area contributed by atoms with E-state index in [2.05, 4.69) is 13.8 Å². The summed E-state index contributed by atoms with van der Waals surface area (Å²) in [6, 6.07) is 0. The zero-order chi connectivity index (χ0) is 13.7. The fraction of sp³-hybridized carbons (Fsp3) is 0.933. The van der Waals surface area contributed by atoms with Gasteiger partial charge in [-0.25, -0.2) is 8.42 Å². The molecule has 0 aromatic rings. The molecule has 0 atom stereocenters. The zero-order valence-electron chi connectivity index (χ0n) is 12.1. The number of hydrogen-bond donors (Lipinski definition) is 0. The maximum absolute atomic E-state index is 11.4. The van der Waals surface area contributed by atoms with Crippen LogP contribution >= 0.6 is 0 Å². The van der Waals surface area contributed by atoms with Crippen molar-refractivity contribution in [2.75, 3.05) is 11.5 Å². The summed E-state index contributed by atoms with van der Waals surface area (Å²) in [4.78, 5) is 0. The van der Waals surface area contributed by atoms with E-state index in [1.54, 1.807) is 0 Å². The summed E-state index contributed by atoms with van der Waals surface area (Å²) in [5.74, 6) is 0.615. The van der Waals surface area contributed by atoms with E-state index in [0.717, 1.165) is 12.8 Å². The Labute approximate surface area is 114 Å². The van der Waals surface area contributed by atoms with Crippen molar-refractivity contribution in [3.63, 3.8) is 0 Å². The molecule has 3 heteroatoms. The molecule has 109 valence electrons. The van der Waals surface area contributed by atoms with Crippen molar-refractivity contribution in [3.8, 4) is 0 Å². The van der Waals surface area contributed by atoms with Crippen molar-refractivity contribution in [2.45, 2.75) is 77.6 Å². The van der Waals surface area contributed by atoms with Crippen molar-refractivity contribution in [3.05, 3.63) is 6.92 Å². The molecule has 0 amide bonds. The SMILES string of the molecule is [CH2]CCS(=O)(=O)CCCCCCCCCCCC. The molecule has 0 aliphatic carbocycles.